The van der Waals surface area contributed by atoms with E-state index in [-0.39, 0.29) is 0 Å². The van der Waals surface area contributed by atoms with Crippen molar-refractivity contribution in [2.45, 2.75) is 18.4 Å². The zero-order valence-corrected chi connectivity index (χ0v) is 11.3. The Balaban J connectivity index is 2.83. The highest BCUT2D eigenvalue weighted by molar-refractivity contribution is 9.08. The van der Waals surface area contributed by atoms with Crippen LogP contribution >= 0.6 is 27.5 Å². The second-order valence-corrected chi connectivity index (χ2v) is 4.15. The topological polar surface area (TPSA) is 35.5 Å². The maximum atomic E-state index is 11.2. The molecular weight excluding hydrogens is 295 g/mol. The van der Waals surface area contributed by atoms with Crippen molar-refractivity contribution in [3.63, 3.8) is 0 Å². The minimum atomic E-state index is -0.673. The van der Waals surface area contributed by atoms with Crippen molar-refractivity contribution in [1.82, 2.24) is 0 Å². The van der Waals surface area contributed by atoms with Crippen LogP contribution in [0.25, 0.3) is 0 Å². The molecule has 0 unspecified atom stereocenters. The quantitative estimate of drug-likeness (QED) is 0.633. The number of methoxy groups -OCH3 is 1. The molecule has 0 radical (unpaired) electrons. The second kappa shape index (κ2) is 6.11. The largest absolute Gasteiger partial charge is 0.477 e. The number of hydrogen-bond donors (Lipinski definition) is 0. The lowest BCUT2D eigenvalue weighted by molar-refractivity contribution is -0.147. The third-order valence-electron chi connectivity index (χ3n) is 1.99. The molecule has 0 fully saturated rings. The van der Waals surface area contributed by atoms with Crippen LogP contribution in [0.5, 0.6) is 5.75 Å². The van der Waals surface area contributed by atoms with Gasteiger partial charge in [-0.1, -0.05) is 33.6 Å². The Hall–Kier alpha value is -0.740. The van der Waals surface area contributed by atoms with E-state index < -0.39 is 12.1 Å². The standard InChI is InChI=1S/C11H12BrClO3/c1-7(11(14)15-2)16-10-5-8(6-12)3-4-9(10)13/h3-5,7H,6H2,1-2H3/t7-/m1/s1. The van der Waals surface area contributed by atoms with E-state index in [4.69, 9.17) is 16.3 Å². The van der Waals surface area contributed by atoms with Gasteiger partial charge >= 0.3 is 5.97 Å². The maximum Gasteiger partial charge on any atom is 0.346 e. The molecule has 0 saturated heterocycles. The molecule has 3 nitrogen and oxygen atoms in total. The number of rotatable bonds is 4. The van der Waals surface area contributed by atoms with Gasteiger partial charge in [0.25, 0.3) is 0 Å². The number of alkyl halides is 1. The molecule has 0 N–H and O–H groups in total. The molecule has 88 valence electrons. The minimum absolute atomic E-state index is 0.430. The molecule has 1 atom stereocenters. The predicted octanol–water partition coefficient (Wildman–Crippen LogP) is 3.18. The molecule has 0 heterocycles. The third-order valence-corrected chi connectivity index (χ3v) is 2.95. The van der Waals surface area contributed by atoms with Crippen LogP contribution in [0.4, 0.5) is 0 Å². The Morgan fingerprint density at radius 1 is 1.56 bits per heavy atom. The van der Waals surface area contributed by atoms with Crippen molar-refractivity contribution >= 4 is 33.5 Å². The summed E-state index contributed by atoms with van der Waals surface area (Å²) < 4.78 is 9.98. The third kappa shape index (κ3) is 3.39. The second-order valence-electron chi connectivity index (χ2n) is 3.18. The summed E-state index contributed by atoms with van der Waals surface area (Å²) in [6, 6.07) is 5.40. The van der Waals surface area contributed by atoms with Crippen LogP contribution in [0.15, 0.2) is 18.2 Å². The number of hydrogen-bond acceptors (Lipinski definition) is 3. The number of carbonyl (C=O) groups is 1. The molecule has 1 aromatic carbocycles. The van der Waals surface area contributed by atoms with E-state index in [1.54, 1.807) is 19.1 Å². The van der Waals surface area contributed by atoms with Gasteiger partial charge in [0.15, 0.2) is 6.10 Å². The van der Waals surface area contributed by atoms with Gasteiger partial charge in [0, 0.05) is 5.33 Å². The lowest BCUT2D eigenvalue weighted by atomic mass is 10.2. The summed E-state index contributed by atoms with van der Waals surface area (Å²) in [6.07, 6.45) is -0.673. The monoisotopic (exact) mass is 306 g/mol. The van der Waals surface area contributed by atoms with Crippen LogP contribution < -0.4 is 4.74 Å². The molecule has 0 aromatic heterocycles. The summed E-state index contributed by atoms with van der Waals surface area (Å²) in [5.74, 6) is 0.0526. The van der Waals surface area contributed by atoms with E-state index in [0.717, 1.165) is 5.56 Å². The zero-order chi connectivity index (χ0) is 12.1. The number of benzene rings is 1. The Morgan fingerprint density at radius 2 is 2.25 bits per heavy atom. The van der Waals surface area contributed by atoms with Gasteiger partial charge in [-0.3, -0.25) is 0 Å². The molecule has 16 heavy (non-hydrogen) atoms. The summed E-state index contributed by atoms with van der Waals surface area (Å²) in [5.41, 5.74) is 1.02. The van der Waals surface area contributed by atoms with Crippen molar-refractivity contribution < 1.29 is 14.3 Å². The lowest BCUT2D eigenvalue weighted by Crippen LogP contribution is -2.25. The molecular formula is C11H12BrClO3. The fourth-order valence-corrected chi connectivity index (χ4v) is 1.64. The number of carbonyl (C=O) groups excluding carboxylic acids is 1. The van der Waals surface area contributed by atoms with Crippen molar-refractivity contribution in [3.05, 3.63) is 28.8 Å². The Bertz CT molecular complexity index is 381. The number of halogens is 2. The molecule has 5 heteroatoms. The lowest BCUT2D eigenvalue weighted by Gasteiger charge is -2.14. The van der Waals surface area contributed by atoms with Crippen LogP contribution in [0.1, 0.15) is 12.5 Å². The first-order chi connectivity index (χ1) is 7.58. The summed E-state index contributed by atoms with van der Waals surface area (Å²) in [4.78, 5) is 11.2. The average molecular weight is 308 g/mol. The highest BCUT2D eigenvalue weighted by Crippen LogP contribution is 2.27. The van der Waals surface area contributed by atoms with Crippen LogP contribution in [0, 0.1) is 0 Å². The normalized spacial score (nSPS) is 12.0. The van der Waals surface area contributed by atoms with E-state index in [0.29, 0.717) is 16.1 Å². The SMILES string of the molecule is COC(=O)[C@@H](C)Oc1cc(CBr)ccc1Cl. The molecule has 0 saturated carbocycles. The Morgan fingerprint density at radius 3 is 2.81 bits per heavy atom. The first kappa shape index (κ1) is 13.3. The van der Waals surface area contributed by atoms with Crippen molar-refractivity contribution in [2.75, 3.05) is 7.11 Å². The zero-order valence-electron chi connectivity index (χ0n) is 9.00. The summed E-state index contributed by atoms with van der Waals surface area (Å²) in [5, 5.41) is 1.17. The molecule has 1 rings (SSSR count). The summed E-state index contributed by atoms with van der Waals surface area (Å²) in [6.45, 7) is 1.61. The number of esters is 1. The molecule has 0 bridgehead atoms. The smallest absolute Gasteiger partial charge is 0.346 e. The molecule has 0 spiro atoms. The summed E-state index contributed by atoms with van der Waals surface area (Å²) >= 11 is 9.29. The first-order valence-corrected chi connectivity index (χ1v) is 6.17. The highest BCUT2D eigenvalue weighted by Gasteiger charge is 2.16. The van der Waals surface area contributed by atoms with Gasteiger partial charge in [0.2, 0.25) is 0 Å². The van der Waals surface area contributed by atoms with E-state index in [1.165, 1.54) is 7.11 Å². The van der Waals surface area contributed by atoms with Crippen LogP contribution in [0.3, 0.4) is 0 Å². The Labute approximate surface area is 108 Å². The average Bonchev–Trinajstić information content (AvgIpc) is 2.30. The van der Waals surface area contributed by atoms with Crippen LogP contribution in [-0.4, -0.2) is 19.2 Å². The van der Waals surface area contributed by atoms with E-state index >= 15 is 0 Å². The van der Waals surface area contributed by atoms with Gasteiger partial charge in [-0.15, -0.1) is 0 Å². The van der Waals surface area contributed by atoms with Gasteiger partial charge in [-0.05, 0) is 24.6 Å². The van der Waals surface area contributed by atoms with Gasteiger partial charge in [0.1, 0.15) is 5.75 Å². The highest BCUT2D eigenvalue weighted by atomic mass is 79.9. The van der Waals surface area contributed by atoms with Gasteiger partial charge in [-0.25, -0.2) is 4.79 Å². The van der Waals surface area contributed by atoms with E-state index in [1.807, 2.05) is 6.07 Å². The van der Waals surface area contributed by atoms with Gasteiger partial charge in [0.05, 0.1) is 12.1 Å². The molecule has 1 aromatic rings. The molecule has 0 aliphatic heterocycles. The fraction of sp³-hybridized carbons (Fsp3) is 0.364. The molecule has 0 aliphatic rings. The van der Waals surface area contributed by atoms with Crippen molar-refractivity contribution in [3.8, 4) is 5.75 Å². The summed E-state index contributed by atoms with van der Waals surface area (Å²) in [7, 11) is 1.32. The number of ether oxygens (including phenoxy) is 2. The van der Waals surface area contributed by atoms with Crippen LogP contribution in [-0.2, 0) is 14.9 Å². The van der Waals surface area contributed by atoms with Gasteiger partial charge in [-0.2, -0.15) is 0 Å². The predicted molar refractivity (Wildman–Crippen MR) is 66.2 cm³/mol. The first-order valence-electron chi connectivity index (χ1n) is 4.67. The molecule has 0 amide bonds. The minimum Gasteiger partial charge on any atom is -0.477 e. The Kier molecular flexibility index (Phi) is 5.09. The van der Waals surface area contributed by atoms with E-state index in [9.17, 15) is 4.79 Å². The van der Waals surface area contributed by atoms with Crippen molar-refractivity contribution in [1.29, 1.82) is 0 Å². The van der Waals surface area contributed by atoms with Gasteiger partial charge < -0.3 is 9.47 Å². The fourth-order valence-electron chi connectivity index (χ4n) is 1.13. The maximum absolute atomic E-state index is 11.2. The molecule has 0 aliphatic carbocycles. The van der Waals surface area contributed by atoms with Crippen LogP contribution in [0.2, 0.25) is 5.02 Å². The van der Waals surface area contributed by atoms with E-state index in [2.05, 4.69) is 20.7 Å². The van der Waals surface area contributed by atoms with Crippen molar-refractivity contribution in [2.24, 2.45) is 0 Å².